The standard InChI is InChI=1S/C22H19N3O3/c26-22-19-8-4-5-9-20(19)23-21(17-10-12-18(13-11-17)25(27)28)24(22)15-14-16-6-2-1-3-7-16/h1-13,21,23H,14-15H2/t21-/m0/s1. The molecule has 0 radical (unpaired) electrons. The molecule has 6 heteroatoms. The van der Waals surface area contributed by atoms with Crippen molar-refractivity contribution < 1.29 is 9.72 Å². The molecule has 0 saturated carbocycles. The molecule has 0 spiro atoms. The van der Waals surface area contributed by atoms with Crippen LogP contribution in [0.5, 0.6) is 0 Å². The third-order valence-corrected chi connectivity index (χ3v) is 4.93. The Balaban J connectivity index is 1.66. The number of nitrogens with one attached hydrogen (secondary N) is 1. The predicted molar refractivity (Wildman–Crippen MR) is 107 cm³/mol. The van der Waals surface area contributed by atoms with Crippen LogP contribution in [0.25, 0.3) is 0 Å². The third-order valence-electron chi connectivity index (χ3n) is 4.93. The average molecular weight is 373 g/mol. The van der Waals surface area contributed by atoms with Crippen molar-refractivity contribution in [2.45, 2.75) is 12.6 Å². The van der Waals surface area contributed by atoms with Crippen molar-refractivity contribution in [3.8, 4) is 0 Å². The van der Waals surface area contributed by atoms with Crippen molar-refractivity contribution in [3.05, 3.63) is 106 Å². The van der Waals surface area contributed by atoms with Crippen LogP contribution in [0.2, 0.25) is 0 Å². The van der Waals surface area contributed by atoms with E-state index in [4.69, 9.17) is 0 Å². The summed E-state index contributed by atoms with van der Waals surface area (Å²) in [6.07, 6.45) is 0.340. The van der Waals surface area contributed by atoms with Gasteiger partial charge in [-0.3, -0.25) is 14.9 Å². The highest BCUT2D eigenvalue weighted by atomic mass is 16.6. The maximum atomic E-state index is 13.2. The van der Waals surface area contributed by atoms with Crippen molar-refractivity contribution in [1.29, 1.82) is 0 Å². The molecule has 0 fully saturated rings. The summed E-state index contributed by atoms with van der Waals surface area (Å²) in [6, 6.07) is 23.8. The smallest absolute Gasteiger partial charge is 0.269 e. The van der Waals surface area contributed by atoms with Gasteiger partial charge in [0, 0.05) is 24.4 Å². The average Bonchev–Trinajstić information content (AvgIpc) is 2.74. The zero-order chi connectivity index (χ0) is 19.5. The molecule has 1 amide bonds. The summed E-state index contributed by atoms with van der Waals surface area (Å²) < 4.78 is 0. The van der Waals surface area contributed by atoms with Crippen molar-refractivity contribution in [2.75, 3.05) is 11.9 Å². The number of rotatable bonds is 5. The van der Waals surface area contributed by atoms with E-state index in [2.05, 4.69) is 5.32 Å². The second-order valence-electron chi connectivity index (χ2n) is 6.68. The molecule has 28 heavy (non-hydrogen) atoms. The highest BCUT2D eigenvalue weighted by Crippen LogP contribution is 2.33. The highest BCUT2D eigenvalue weighted by molar-refractivity contribution is 6.01. The molecule has 1 aliphatic heterocycles. The molecule has 140 valence electrons. The predicted octanol–water partition coefficient (Wildman–Crippen LogP) is 4.40. The summed E-state index contributed by atoms with van der Waals surface area (Å²) in [4.78, 5) is 25.5. The minimum Gasteiger partial charge on any atom is -0.361 e. The van der Waals surface area contributed by atoms with Crippen molar-refractivity contribution in [1.82, 2.24) is 4.90 Å². The van der Waals surface area contributed by atoms with Crippen LogP contribution in [0.1, 0.15) is 27.7 Å². The fourth-order valence-electron chi connectivity index (χ4n) is 3.46. The number of nitro groups is 1. The van der Waals surface area contributed by atoms with Gasteiger partial charge in [-0.25, -0.2) is 0 Å². The lowest BCUT2D eigenvalue weighted by molar-refractivity contribution is -0.384. The van der Waals surface area contributed by atoms with Crippen LogP contribution < -0.4 is 5.32 Å². The van der Waals surface area contributed by atoms with Gasteiger partial charge in [-0.15, -0.1) is 0 Å². The summed E-state index contributed by atoms with van der Waals surface area (Å²) in [7, 11) is 0. The number of hydrogen-bond acceptors (Lipinski definition) is 4. The summed E-state index contributed by atoms with van der Waals surface area (Å²) >= 11 is 0. The number of non-ortho nitro benzene ring substituents is 1. The largest absolute Gasteiger partial charge is 0.361 e. The van der Waals surface area contributed by atoms with Gasteiger partial charge in [-0.2, -0.15) is 0 Å². The molecular formula is C22H19N3O3. The molecule has 0 aromatic heterocycles. The zero-order valence-corrected chi connectivity index (χ0v) is 15.1. The molecule has 4 rings (SSSR count). The first-order valence-electron chi connectivity index (χ1n) is 9.08. The molecule has 0 unspecified atom stereocenters. The first-order valence-corrected chi connectivity index (χ1v) is 9.08. The van der Waals surface area contributed by atoms with Crippen LogP contribution in [0.4, 0.5) is 11.4 Å². The third kappa shape index (κ3) is 3.44. The van der Waals surface area contributed by atoms with Crippen molar-refractivity contribution in [3.63, 3.8) is 0 Å². The molecular weight excluding hydrogens is 354 g/mol. The van der Waals surface area contributed by atoms with Crippen LogP contribution >= 0.6 is 0 Å². The number of nitrogens with zero attached hydrogens (tertiary/aromatic N) is 2. The molecule has 6 nitrogen and oxygen atoms in total. The lowest BCUT2D eigenvalue weighted by atomic mass is 10.0. The number of anilines is 1. The van der Waals surface area contributed by atoms with Gasteiger partial charge >= 0.3 is 0 Å². The molecule has 1 aliphatic rings. The topological polar surface area (TPSA) is 75.5 Å². The zero-order valence-electron chi connectivity index (χ0n) is 15.1. The van der Waals surface area contributed by atoms with E-state index in [0.29, 0.717) is 12.1 Å². The minimum atomic E-state index is -0.425. The van der Waals surface area contributed by atoms with Crippen LogP contribution in [-0.4, -0.2) is 22.3 Å². The van der Waals surface area contributed by atoms with Gasteiger partial charge in [-0.05, 0) is 41.8 Å². The quantitative estimate of drug-likeness (QED) is 0.531. The second kappa shape index (κ2) is 7.52. The summed E-state index contributed by atoms with van der Waals surface area (Å²) in [6.45, 7) is 0.534. The molecule has 0 saturated heterocycles. The van der Waals surface area contributed by atoms with Crippen molar-refractivity contribution >= 4 is 17.3 Å². The maximum absolute atomic E-state index is 13.2. The van der Waals surface area contributed by atoms with Crippen LogP contribution in [0.3, 0.4) is 0 Å². The molecule has 1 atom stereocenters. The molecule has 1 heterocycles. The Labute approximate surface area is 162 Å². The number of hydrogen-bond donors (Lipinski definition) is 1. The van der Waals surface area contributed by atoms with E-state index in [1.165, 1.54) is 12.1 Å². The highest BCUT2D eigenvalue weighted by Gasteiger charge is 2.32. The number of para-hydroxylation sites is 1. The van der Waals surface area contributed by atoms with Crippen LogP contribution in [0.15, 0.2) is 78.9 Å². The molecule has 1 N–H and O–H groups in total. The van der Waals surface area contributed by atoms with Crippen LogP contribution in [0, 0.1) is 10.1 Å². The van der Waals surface area contributed by atoms with E-state index in [-0.39, 0.29) is 17.8 Å². The summed E-state index contributed by atoms with van der Waals surface area (Å²) in [5.74, 6) is -0.0476. The lowest BCUT2D eigenvalue weighted by Crippen LogP contribution is -2.43. The number of nitro benzene ring substituents is 1. The van der Waals surface area contributed by atoms with E-state index in [0.717, 1.165) is 23.2 Å². The molecule has 3 aromatic carbocycles. The maximum Gasteiger partial charge on any atom is 0.269 e. The molecule has 0 aliphatic carbocycles. The van der Waals surface area contributed by atoms with Crippen LogP contribution in [-0.2, 0) is 6.42 Å². The van der Waals surface area contributed by atoms with E-state index in [1.54, 1.807) is 17.0 Å². The SMILES string of the molecule is O=C1c2ccccc2N[C@H](c2ccc([N+](=O)[O-])cc2)N1CCc1ccccc1. The van der Waals surface area contributed by atoms with Gasteiger partial charge in [0.2, 0.25) is 0 Å². The van der Waals surface area contributed by atoms with Crippen molar-refractivity contribution in [2.24, 2.45) is 0 Å². The Bertz CT molecular complexity index is 1000. The van der Waals surface area contributed by atoms with Gasteiger partial charge in [0.05, 0.1) is 10.5 Å². The van der Waals surface area contributed by atoms with E-state index in [1.807, 2.05) is 54.6 Å². The molecule has 3 aromatic rings. The monoisotopic (exact) mass is 373 g/mol. The van der Waals surface area contributed by atoms with Gasteiger partial charge in [0.25, 0.3) is 11.6 Å². The second-order valence-corrected chi connectivity index (χ2v) is 6.68. The Morgan fingerprint density at radius 1 is 0.929 bits per heavy atom. The number of carbonyl (C=O) groups is 1. The number of amides is 1. The summed E-state index contributed by atoms with van der Waals surface area (Å²) in [5, 5.41) is 14.4. The first kappa shape index (κ1) is 17.7. The van der Waals surface area contributed by atoms with Gasteiger partial charge < -0.3 is 10.2 Å². The Morgan fingerprint density at radius 3 is 2.32 bits per heavy atom. The Morgan fingerprint density at radius 2 is 1.61 bits per heavy atom. The van der Waals surface area contributed by atoms with E-state index < -0.39 is 4.92 Å². The Kier molecular flexibility index (Phi) is 4.76. The van der Waals surface area contributed by atoms with Gasteiger partial charge in [0.1, 0.15) is 6.17 Å². The summed E-state index contributed by atoms with van der Waals surface area (Å²) in [5.41, 5.74) is 3.39. The number of fused-ring (bicyclic) bond motifs is 1. The number of carbonyl (C=O) groups excluding carboxylic acids is 1. The fourth-order valence-corrected chi connectivity index (χ4v) is 3.46. The molecule has 0 bridgehead atoms. The minimum absolute atomic E-state index is 0.0297. The normalized spacial score (nSPS) is 15.6. The number of benzene rings is 3. The van der Waals surface area contributed by atoms with Gasteiger partial charge in [0.15, 0.2) is 0 Å². The van der Waals surface area contributed by atoms with E-state index in [9.17, 15) is 14.9 Å². The van der Waals surface area contributed by atoms with E-state index >= 15 is 0 Å². The first-order chi connectivity index (χ1) is 13.6. The lowest BCUT2D eigenvalue weighted by Gasteiger charge is -2.38. The fraction of sp³-hybridized carbons (Fsp3) is 0.136. The van der Waals surface area contributed by atoms with Gasteiger partial charge in [-0.1, -0.05) is 42.5 Å². The Hall–Kier alpha value is -3.67.